The average molecular weight is 139 g/mol. The molecule has 4 fully saturated rings. The first-order chi connectivity index (χ1) is 4.90. The Balaban J connectivity index is 1.90. The lowest BCUT2D eigenvalue weighted by molar-refractivity contribution is -0.130. The van der Waals surface area contributed by atoms with E-state index in [0.717, 1.165) is 5.92 Å². The highest BCUT2D eigenvalue weighted by Gasteiger charge is 2.37. The fourth-order valence-electron chi connectivity index (χ4n) is 2.60. The van der Waals surface area contributed by atoms with Crippen LogP contribution in [0.1, 0.15) is 0 Å². The zero-order chi connectivity index (χ0) is 6.55. The lowest BCUT2D eigenvalue weighted by Gasteiger charge is -2.54. The third-order valence-electron chi connectivity index (χ3n) is 2.75. The second-order valence-electron chi connectivity index (χ2n) is 3.85. The van der Waals surface area contributed by atoms with Gasteiger partial charge in [-0.1, -0.05) is 0 Å². The minimum atomic E-state index is 0.955. The summed E-state index contributed by atoms with van der Waals surface area (Å²) >= 11 is 0. The molecule has 0 radical (unpaired) electrons. The molecule has 4 aliphatic heterocycles. The zero-order valence-corrected chi connectivity index (χ0v) is 6.16. The minimum absolute atomic E-state index is 0.955. The molecule has 0 amide bonds. The minimum Gasteiger partial charge on any atom is -0.277 e. The van der Waals surface area contributed by atoms with Gasteiger partial charge in [-0.25, -0.2) is 0 Å². The van der Waals surface area contributed by atoms with Crippen molar-refractivity contribution in [3.05, 3.63) is 0 Å². The molecule has 56 valence electrons. The van der Waals surface area contributed by atoms with Crippen molar-refractivity contribution in [1.82, 2.24) is 14.7 Å². The Morgan fingerprint density at radius 1 is 0.700 bits per heavy atom. The number of hydrogen-bond donors (Lipinski definition) is 0. The molecule has 4 saturated heterocycles. The van der Waals surface area contributed by atoms with Crippen LogP contribution in [0.25, 0.3) is 0 Å². The average Bonchev–Trinajstić information content (AvgIpc) is 1.82. The van der Waals surface area contributed by atoms with E-state index in [2.05, 4.69) is 14.7 Å². The molecule has 0 aromatic heterocycles. The van der Waals surface area contributed by atoms with Crippen LogP contribution in [-0.2, 0) is 0 Å². The van der Waals surface area contributed by atoms with Crippen LogP contribution in [0.15, 0.2) is 0 Å². The van der Waals surface area contributed by atoms with Crippen LogP contribution in [0.4, 0.5) is 0 Å². The summed E-state index contributed by atoms with van der Waals surface area (Å²) in [7, 11) is 0. The number of hydrogen-bond acceptors (Lipinski definition) is 3. The summed E-state index contributed by atoms with van der Waals surface area (Å²) in [5, 5.41) is 0. The van der Waals surface area contributed by atoms with Gasteiger partial charge in [-0.2, -0.15) is 0 Å². The molecule has 0 spiro atoms. The standard InChI is InChI=1S/C7H13N3/c1-7-2-9-4-8(1)5-10(3-7)6-9/h7H,1-6H2. The molecule has 0 saturated carbocycles. The summed E-state index contributed by atoms with van der Waals surface area (Å²) in [6.45, 7) is 7.75. The molecule has 3 nitrogen and oxygen atoms in total. The monoisotopic (exact) mass is 139 g/mol. The summed E-state index contributed by atoms with van der Waals surface area (Å²) < 4.78 is 0. The molecule has 4 heterocycles. The smallest absolute Gasteiger partial charge is 0.0530 e. The highest BCUT2D eigenvalue weighted by molar-refractivity contribution is 4.87. The molecular weight excluding hydrogens is 126 g/mol. The zero-order valence-electron chi connectivity index (χ0n) is 6.16. The van der Waals surface area contributed by atoms with E-state index < -0.39 is 0 Å². The van der Waals surface area contributed by atoms with Crippen LogP contribution in [0.5, 0.6) is 0 Å². The van der Waals surface area contributed by atoms with Gasteiger partial charge in [0.25, 0.3) is 0 Å². The van der Waals surface area contributed by atoms with Gasteiger partial charge < -0.3 is 0 Å². The SMILES string of the molecule is C1C2CN3CN1CN(C2)C3. The maximum absolute atomic E-state index is 2.54. The molecule has 0 aromatic carbocycles. The fourth-order valence-corrected chi connectivity index (χ4v) is 2.60. The molecule has 4 aliphatic rings. The Labute approximate surface area is 61.2 Å². The van der Waals surface area contributed by atoms with Gasteiger partial charge in [-0.05, 0) is 5.92 Å². The van der Waals surface area contributed by atoms with Crippen molar-refractivity contribution in [1.29, 1.82) is 0 Å². The van der Waals surface area contributed by atoms with Crippen LogP contribution in [0, 0.1) is 5.92 Å². The van der Waals surface area contributed by atoms with Gasteiger partial charge in [0, 0.05) is 19.6 Å². The van der Waals surface area contributed by atoms with E-state index in [1.165, 1.54) is 39.6 Å². The van der Waals surface area contributed by atoms with Crippen molar-refractivity contribution in [2.24, 2.45) is 5.92 Å². The Kier molecular flexibility index (Phi) is 0.952. The second kappa shape index (κ2) is 1.72. The van der Waals surface area contributed by atoms with Crippen LogP contribution < -0.4 is 0 Å². The number of rotatable bonds is 0. The molecular formula is C7H13N3. The molecule has 4 rings (SSSR count). The van der Waals surface area contributed by atoms with Gasteiger partial charge in [0.05, 0.1) is 20.0 Å². The highest BCUT2D eigenvalue weighted by Crippen LogP contribution is 2.24. The van der Waals surface area contributed by atoms with Gasteiger partial charge in [0.1, 0.15) is 0 Å². The van der Waals surface area contributed by atoms with Gasteiger partial charge >= 0.3 is 0 Å². The van der Waals surface area contributed by atoms with E-state index in [1.54, 1.807) is 0 Å². The first-order valence-electron chi connectivity index (χ1n) is 4.07. The van der Waals surface area contributed by atoms with E-state index in [4.69, 9.17) is 0 Å². The van der Waals surface area contributed by atoms with Crippen molar-refractivity contribution in [2.45, 2.75) is 0 Å². The molecule has 10 heavy (non-hydrogen) atoms. The van der Waals surface area contributed by atoms with Gasteiger partial charge in [-0.15, -0.1) is 0 Å². The molecule has 0 N–H and O–H groups in total. The number of nitrogens with zero attached hydrogens (tertiary/aromatic N) is 3. The summed E-state index contributed by atoms with van der Waals surface area (Å²) in [5.41, 5.74) is 0. The Morgan fingerprint density at radius 3 is 1.40 bits per heavy atom. The predicted octanol–water partition coefficient (Wildman–Crippen LogP) is -0.578. The maximum Gasteiger partial charge on any atom is 0.0530 e. The summed E-state index contributed by atoms with van der Waals surface area (Å²) in [6, 6.07) is 0. The molecule has 0 aliphatic carbocycles. The Morgan fingerprint density at radius 2 is 1.10 bits per heavy atom. The summed E-state index contributed by atoms with van der Waals surface area (Å²) in [5.74, 6) is 0.955. The van der Waals surface area contributed by atoms with E-state index in [-0.39, 0.29) is 0 Å². The fraction of sp³-hybridized carbons (Fsp3) is 1.00. The van der Waals surface area contributed by atoms with E-state index >= 15 is 0 Å². The van der Waals surface area contributed by atoms with Crippen molar-refractivity contribution in [3.63, 3.8) is 0 Å². The normalized spacial score (nSPS) is 57.6. The largest absolute Gasteiger partial charge is 0.277 e. The molecule has 0 atom stereocenters. The van der Waals surface area contributed by atoms with Crippen molar-refractivity contribution in [3.8, 4) is 0 Å². The summed E-state index contributed by atoms with van der Waals surface area (Å²) in [6.07, 6.45) is 0. The van der Waals surface area contributed by atoms with Gasteiger partial charge in [0.2, 0.25) is 0 Å². The topological polar surface area (TPSA) is 9.72 Å². The van der Waals surface area contributed by atoms with Crippen molar-refractivity contribution >= 4 is 0 Å². The van der Waals surface area contributed by atoms with E-state index in [1.807, 2.05) is 0 Å². The van der Waals surface area contributed by atoms with Crippen LogP contribution in [-0.4, -0.2) is 54.3 Å². The lowest BCUT2D eigenvalue weighted by Crippen LogP contribution is -2.67. The Bertz CT molecular complexity index is 100. The third kappa shape index (κ3) is 0.654. The Hall–Kier alpha value is -0.120. The van der Waals surface area contributed by atoms with Crippen LogP contribution in [0.2, 0.25) is 0 Å². The summed E-state index contributed by atoms with van der Waals surface area (Å²) in [4.78, 5) is 7.63. The maximum atomic E-state index is 2.54. The first-order valence-corrected chi connectivity index (χ1v) is 4.07. The third-order valence-corrected chi connectivity index (χ3v) is 2.75. The van der Waals surface area contributed by atoms with Crippen molar-refractivity contribution < 1.29 is 0 Å². The first kappa shape index (κ1) is 5.52. The van der Waals surface area contributed by atoms with E-state index in [9.17, 15) is 0 Å². The molecule has 0 aromatic rings. The quantitative estimate of drug-likeness (QED) is 0.444. The van der Waals surface area contributed by atoms with Crippen molar-refractivity contribution in [2.75, 3.05) is 39.6 Å². The predicted molar refractivity (Wildman–Crippen MR) is 38.2 cm³/mol. The molecule has 0 unspecified atom stereocenters. The highest BCUT2D eigenvalue weighted by atomic mass is 15.5. The van der Waals surface area contributed by atoms with Crippen LogP contribution >= 0.6 is 0 Å². The van der Waals surface area contributed by atoms with Gasteiger partial charge in [-0.3, -0.25) is 14.7 Å². The molecule has 4 bridgehead atoms. The van der Waals surface area contributed by atoms with Gasteiger partial charge in [0.15, 0.2) is 0 Å². The van der Waals surface area contributed by atoms with E-state index in [0.29, 0.717) is 0 Å². The lowest BCUT2D eigenvalue weighted by atomic mass is 10.0. The molecule has 3 heteroatoms. The second-order valence-corrected chi connectivity index (χ2v) is 3.85. The van der Waals surface area contributed by atoms with Crippen LogP contribution in [0.3, 0.4) is 0 Å².